The molecule has 0 fully saturated rings. The molecule has 0 spiro atoms. The molecule has 0 radical (unpaired) electrons. The van der Waals surface area contributed by atoms with Crippen molar-refractivity contribution < 1.29 is 17.8 Å². The van der Waals surface area contributed by atoms with Crippen LogP contribution in [0.25, 0.3) is 6.08 Å². The number of urea groups is 1. The van der Waals surface area contributed by atoms with Crippen LogP contribution in [0.15, 0.2) is 64.1 Å². The molecule has 0 aromatic heterocycles. The number of anilines is 1. The third-order valence-corrected chi connectivity index (χ3v) is 4.35. The predicted molar refractivity (Wildman–Crippen MR) is 91.6 cm³/mol. The van der Waals surface area contributed by atoms with E-state index in [4.69, 9.17) is 4.55 Å². The molecule has 0 aliphatic rings. The number of rotatable bonds is 4. The Morgan fingerprint density at radius 3 is 2.35 bits per heavy atom. The van der Waals surface area contributed by atoms with E-state index in [1.807, 2.05) is 12.1 Å². The number of benzene rings is 2. The standard InChI is InChI=1S/C15H13BrN2O4S/c16-13-3-1-2-4-14(13)18-15(19)17-10-9-11-5-7-12(8-6-11)23(20,21)22/h1-10H,(H2,17,18,19)(H,20,21,22)/b10-9+. The van der Waals surface area contributed by atoms with Crippen LogP contribution in [-0.4, -0.2) is 19.0 Å². The molecule has 0 saturated heterocycles. The summed E-state index contributed by atoms with van der Waals surface area (Å²) in [6, 6.07) is 12.3. The van der Waals surface area contributed by atoms with Crippen molar-refractivity contribution in [2.45, 2.75) is 4.90 Å². The van der Waals surface area contributed by atoms with Crippen LogP contribution in [0.1, 0.15) is 5.56 Å². The SMILES string of the molecule is O=C(N/C=C/c1ccc(S(=O)(=O)O)cc1)Nc1ccccc1Br. The summed E-state index contributed by atoms with van der Waals surface area (Å²) in [4.78, 5) is 11.5. The molecule has 23 heavy (non-hydrogen) atoms. The van der Waals surface area contributed by atoms with Crippen LogP contribution >= 0.6 is 15.9 Å². The second-order valence-corrected chi connectivity index (χ2v) is 6.73. The van der Waals surface area contributed by atoms with Crippen LogP contribution in [0.5, 0.6) is 0 Å². The van der Waals surface area contributed by atoms with Crippen molar-refractivity contribution in [3.05, 3.63) is 64.8 Å². The first-order valence-corrected chi connectivity index (χ1v) is 8.66. The van der Waals surface area contributed by atoms with Gasteiger partial charge < -0.3 is 10.6 Å². The fraction of sp³-hybridized carbons (Fsp3) is 0. The smallest absolute Gasteiger partial charge is 0.314 e. The van der Waals surface area contributed by atoms with E-state index in [0.29, 0.717) is 11.3 Å². The lowest BCUT2D eigenvalue weighted by molar-refractivity contribution is 0.255. The van der Waals surface area contributed by atoms with E-state index in [2.05, 4.69) is 26.6 Å². The highest BCUT2D eigenvalue weighted by molar-refractivity contribution is 9.10. The molecule has 0 atom stereocenters. The Kier molecular flexibility index (Phi) is 5.54. The molecule has 0 unspecified atom stereocenters. The Morgan fingerprint density at radius 2 is 1.74 bits per heavy atom. The second kappa shape index (κ2) is 7.40. The summed E-state index contributed by atoms with van der Waals surface area (Å²) in [5, 5.41) is 5.20. The minimum absolute atomic E-state index is 0.186. The molecule has 0 saturated carbocycles. The molecule has 8 heteroatoms. The van der Waals surface area contributed by atoms with Gasteiger partial charge in [-0.25, -0.2) is 4.79 Å². The summed E-state index contributed by atoms with van der Waals surface area (Å²) in [5.74, 6) is 0. The number of hydrogen-bond donors (Lipinski definition) is 3. The van der Waals surface area contributed by atoms with Crippen molar-refractivity contribution >= 4 is 43.8 Å². The van der Waals surface area contributed by atoms with Crippen LogP contribution in [0.2, 0.25) is 0 Å². The molecule has 120 valence electrons. The Labute approximate surface area is 142 Å². The van der Waals surface area contributed by atoms with Crippen molar-refractivity contribution in [3.8, 4) is 0 Å². The summed E-state index contributed by atoms with van der Waals surface area (Å²) in [5.41, 5.74) is 1.30. The fourth-order valence-electron chi connectivity index (χ4n) is 1.69. The quantitative estimate of drug-likeness (QED) is 0.689. The highest BCUT2D eigenvalue weighted by Gasteiger charge is 2.07. The van der Waals surface area contributed by atoms with E-state index in [9.17, 15) is 13.2 Å². The van der Waals surface area contributed by atoms with Gasteiger partial charge in [0.15, 0.2) is 0 Å². The zero-order chi connectivity index (χ0) is 16.9. The summed E-state index contributed by atoms with van der Waals surface area (Å²) in [6.45, 7) is 0. The molecular formula is C15H13BrN2O4S. The molecule has 0 aliphatic heterocycles. The van der Waals surface area contributed by atoms with E-state index >= 15 is 0 Å². The van der Waals surface area contributed by atoms with Crippen LogP contribution < -0.4 is 10.6 Å². The predicted octanol–water partition coefficient (Wildman–Crippen LogP) is 3.49. The van der Waals surface area contributed by atoms with Crippen LogP contribution in [0.3, 0.4) is 0 Å². The summed E-state index contributed by atoms with van der Waals surface area (Å²) < 4.78 is 31.5. The maximum absolute atomic E-state index is 11.7. The average Bonchev–Trinajstić information content (AvgIpc) is 2.49. The van der Waals surface area contributed by atoms with Gasteiger partial charge in [0.2, 0.25) is 0 Å². The maximum atomic E-state index is 11.7. The van der Waals surface area contributed by atoms with Gasteiger partial charge in [0.1, 0.15) is 0 Å². The summed E-state index contributed by atoms with van der Waals surface area (Å²) in [6.07, 6.45) is 3.02. The maximum Gasteiger partial charge on any atom is 0.323 e. The Bertz CT molecular complexity index is 833. The van der Waals surface area contributed by atoms with Crippen LogP contribution in [0, 0.1) is 0 Å². The summed E-state index contributed by atoms with van der Waals surface area (Å²) in [7, 11) is -4.20. The third kappa shape index (κ3) is 5.20. The lowest BCUT2D eigenvalue weighted by Crippen LogP contribution is -2.23. The Morgan fingerprint density at radius 1 is 1.09 bits per heavy atom. The monoisotopic (exact) mass is 396 g/mol. The first kappa shape index (κ1) is 17.2. The van der Waals surface area contributed by atoms with Crippen LogP contribution in [0.4, 0.5) is 10.5 Å². The number of carbonyl (C=O) groups excluding carboxylic acids is 1. The molecule has 2 amide bonds. The molecule has 0 heterocycles. The van der Waals surface area contributed by atoms with Gasteiger partial charge in [0.05, 0.1) is 10.6 Å². The van der Waals surface area contributed by atoms with Crippen LogP contribution in [-0.2, 0) is 10.1 Å². The minimum Gasteiger partial charge on any atom is -0.314 e. The van der Waals surface area contributed by atoms with Gasteiger partial charge in [-0.15, -0.1) is 0 Å². The largest absolute Gasteiger partial charge is 0.323 e. The molecule has 0 bridgehead atoms. The van der Waals surface area contributed by atoms with E-state index in [0.717, 1.165) is 4.47 Å². The average molecular weight is 397 g/mol. The minimum atomic E-state index is -4.20. The van der Waals surface area contributed by atoms with Gasteiger partial charge in [0, 0.05) is 10.7 Å². The Balaban J connectivity index is 1.94. The number of hydrogen-bond acceptors (Lipinski definition) is 3. The van der Waals surface area contributed by atoms with Crippen molar-refractivity contribution in [3.63, 3.8) is 0 Å². The number of amides is 2. The van der Waals surface area contributed by atoms with Gasteiger partial charge in [-0.05, 0) is 51.8 Å². The van der Waals surface area contributed by atoms with E-state index < -0.39 is 16.1 Å². The van der Waals surface area contributed by atoms with Gasteiger partial charge in [-0.3, -0.25) is 4.55 Å². The second-order valence-electron chi connectivity index (χ2n) is 4.46. The van der Waals surface area contributed by atoms with Gasteiger partial charge in [0.25, 0.3) is 10.1 Å². The van der Waals surface area contributed by atoms with Crippen molar-refractivity contribution in [2.75, 3.05) is 5.32 Å². The number of nitrogens with one attached hydrogen (secondary N) is 2. The molecule has 3 N–H and O–H groups in total. The first-order valence-electron chi connectivity index (χ1n) is 6.42. The number of carbonyl (C=O) groups is 1. The van der Waals surface area contributed by atoms with Gasteiger partial charge in [-0.1, -0.05) is 24.3 Å². The first-order chi connectivity index (χ1) is 10.9. The highest BCUT2D eigenvalue weighted by Crippen LogP contribution is 2.20. The zero-order valence-corrected chi connectivity index (χ0v) is 14.1. The number of para-hydroxylation sites is 1. The molecule has 0 aliphatic carbocycles. The van der Waals surface area contributed by atoms with Crippen molar-refractivity contribution in [1.29, 1.82) is 0 Å². The highest BCUT2D eigenvalue weighted by atomic mass is 79.9. The van der Waals surface area contributed by atoms with Gasteiger partial charge >= 0.3 is 6.03 Å². The third-order valence-electron chi connectivity index (χ3n) is 2.79. The molecule has 2 aromatic rings. The Hall–Kier alpha value is -2.16. The molecule has 2 rings (SSSR count). The lowest BCUT2D eigenvalue weighted by Gasteiger charge is -2.06. The van der Waals surface area contributed by atoms with Crippen molar-refractivity contribution in [2.24, 2.45) is 0 Å². The zero-order valence-electron chi connectivity index (χ0n) is 11.7. The number of halogens is 1. The van der Waals surface area contributed by atoms with E-state index in [1.54, 1.807) is 18.2 Å². The lowest BCUT2D eigenvalue weighted by atomic mass is 10.2. The summed E-state index contributed by atoms with van der Waals surface area (Å²) >= 11 is 3.32. The van der Waals surface area contributed by atoms with Gasteiger partial charge in [-0.2, -0.15) is 8.42 Å². The molecule has 2 aromatic carbocycles. The normalized spacial score (nSPS) is 11.4. The topological polar surface area (TPSA) is 95.5 Å². The van der Waals surface area contributed by atoms with Crippen molar-refractivity contribution in [1.82, 2.24) is 5.32 Å². The van der Waals surface area contributed by atoms with E-state index in [1.165, 1.54) is 30.5 Å². The molecule has 6 nitrogen and oxygen atoms in total. The molecular weight excluding hydrogens is 384 g/mol. The van der Waals surface area contributed by atoms with E-state index in [-0.39, 0.29) is 4.90 Å². The fourth-order valence-corrected chi connectivity index (χ4v) is 2.55.